The Morgan fingerprint density at radius 2 is 2.00 bits per heavy atom. The third-order valence-corrected chi connectivity index (χ3v) is 2.50. The van der Waals surface area contributed by atoms with Crippen molar-refractivity contribution in [2.45, 2.75) is 37.6 Å². The second kappa shape index (κ2) is 4.58. The van der Waals surface area contributed by atoms with Crippen LogP contribution >= 0.6 is 12.4 Å². The Morgan fingerprint density at radius 1 is 1.31 bits per heavy atom. The predicted molar refractivity (Wildman–Crippen MR) is 50.7 cm³/mol. The van der Waals surface area contributed by atoms with Crippen LogP contribution in [-0.4, -0.2) is 16.2 Å². The molecule has 2 N–H and O–H groups in total. The lowest BCUT2D eigenvalue weighted by molar-refractivity contribution is 0.339. The van der Waals surface area contributed by atoms with Gasteiger partial charge in [-0.3, -0.25) is 0 Å². The van der Waals surface area contributed by atoms with Crippen molar-refractivity contribution in [3.05, 3.63) is 12.3 Å². The van der Waals surface area contributed by atoms with Crippen LogP contribution in [0.15, 0.2) is 10.8 Å². The normalized spacial score (nSPS) is 28.1. The summed E-state index contributed by atoms with van der Waals surface area (Å²) in [6.07, 6.45) is 5.72. The first-order valence-corrected chi connectivity index (χ1v) is 4.38. The molecule has 13 heavy (non-hydrogen) atoms. The van der Waals surface area contributed by atoms with E-state index in [9.17, 15) is 0 Å². The molecule has 1 aromatic rings. The van der Waals surface area contributed by atoms with Crippen molar-refractivity contribution in [2.75, 3.05) is 0 Å². The van der Waals surface area contributed by atoms with Crippen molar-refractivity contribution >= 4 is 12.4 Å². The highest BCUT2D eigenvalue weighted by molar-refractivity contribution is 5.85. The van der Waals surface area contributed by atoms with E-state index in [1.165, 1.54) is 6.39 Å². The van der Waals surface area contributed by atoms with Crippen LogP contribution in [0.5, 0.6) is 0 Å². The van der Waals surface area contributed by atoms with Crippen LogP contribution < -0.4 is 5.73 Å². The molecule has 1 fully saturated rings. The van der Waals surface area contributed by atoms with E-state index in [-0.39, 0.29) is 12.4 Å². The molecule has 0 atom stereocenters. The van der Waals surface area contributed by atoms with Gasteiger partial charge in [-0.05, 0) is 25.7 Å². The number of hydrogen-bond donors (Lipinski definition) is 1. The van der Waals surface area contributed by atoms with Crippen molar-refractivity contribution < 1.29 is 4.42 Å². The summed E-state index contributed by atoms with van der Waals surface area (Å²) >= 11 is 0. The monoisotopic (exact) mass is 203 g/mol. The van der Waals surface area contributed by atoms with Gasteiger partial charge in [0, 0.05) is 12.0 Å². The maximum Gasteiger partial charge on any atom is 0.219 e. The molecule has 0 bridgehead atoms. The van der Waals surface area contributed by atoms with E-state index in [1.807, 2.05) is 0 Å². The molecule has 1 aromatic heterocycles. The Labute approximate surface area is 83.3 Å². The van der Waals surface area contributed by atoms with Crippen LogP contribution in [0.2, 0.25) is 0 Å². The average molecular weight is 204 g/mol. The summed E-state index contributed by atoms with van der Waals surface area (Å²) < 4.78 is 5.15. The Kier molecular flexibility index (Phi) is 3.69. The molecule has 0 saturated heterocycles. The van der Waals surface area contributed by atoms with Gasteiger partial charge >= 0.3 is 0 Å². The molecule has 5 heteroatoms. The molecule has 74 valence electrons. The van der Waals surface area contributed by atoms with Crippen LogP contribution in [0.1, 0.15) is 37.5 Å². The number of rotatable bonds is 1. The third kappa shape index (κ3) is 2.42. The van der Waals surface area contributed by atoms with E-state index < -0.39 is 0 Å². The zero-order valence-corrected chi connectivity index (χ0v) is 8.17. The number of aromatic nitrogens is 2. The largest absolute Gasteiger partial charge is 0.428 e. The first kappa shape index (κ1) is 10.5. The van der Waals surface area contributed by atoms with Crippen LogP contribution in [0, 0.1) is 0 Å². The number of nitrogens with zero attached hydrogens (tertiary/aromatic N) is 2. The topological polar surface area (TPSA) is 64.9 Å². The first-order chi connectivity index (χ1) is 5.86. The fourth-order valence-corrected chi connectivity index (χ4v) is 1.73. The lowest BCUT2D eigenvalue weighted by Crippen LogP contribution is -2.25. The molecule has 4 nitrogen and oxygen atoms in total. The molecule has 1 aliphatic rings. The van der Waals surface area contributed by atoms with Crippen molar-refractivity contribution in [3.8, 4) is 0 Å². The molecule has 0 radical (unpaired) electrons. The second-order valence-corrected chi connectivity index (χ2v) is 3.39. The van der Waals surface area contributed by atoms with Gasteiger partial charge in [0.15, 0.2) is 0 Å². The highest BCUT2D eigenvalue weighted by Crippen LogP contribution is 2.30. The third-order valence-electron chi connectivity index (χ3n) is 2.50. The van der Waals surface area contributed by atoms with E-state index in [0.717, 1.165) is 31.6 Å². The van der Waals surface area contributed by atoms with Crippen molar-refractivity contribution in [3.63, 3.8) is 0 Å². The van der Waals surface area contributed by atoms with Gasteiger partial charge < -0.3 is 10.2 Å². The van der Waals surface area contributed by atoms with Gasteiger partial charge in [0.05, 0.1) is 0 Å². The van der Waals surface area contributed by atoms with Crippen LogP contribution in [0.3, 0.4) is 0 Å². The summed E-state index contributed by atoms with van der Waals surface area (Å²) in [4.78, 5) is 0. The van der Waals surface area contributed by atoms with E-state index in [4.69, 9.17) is 10.2 Å². The van der Waals surface area contributed by atoms with Gasteiger partial charge in [0.25, 0.3) is 0 Å². The number of nitrogens with two attached hydrogens (primary N) is 1. The van der Waals surface area contributed by atoms with Gasteiger partial charge in [-0.1, -0.05) is 0 Å². The number of halogens is 1. The molecule has 0 aromatic carbocycles. The Bertz CT molecular complexity index is 232. The standard InChI is InChI=1S/C8H13N3O.ClH/c9-7-3-1-6(2-4-7)8-11-10-5-12-8;/h5-7H,1-4,9H2;1H. The molecule has 2 rings (SSSR count). The minimum Gasteiger partial charge on any atom is -0.428 e. The summed E-state index contributed by atoms with van der Waals surface area (Å²) in [6, 6.07) is 0.379. The van der Waals surface area contributed by atoms with Crippen LogP contribution in [0.4, 0.5) is 0 Å². The quantitative estimate of drug-likeness (QED) is 0.751. The van der Waals surface area contributed by atoms with Crippen molar-refractivity contribution in [1.29, 1.82) is 0 Å². The number of hydrogen-bond acceptors (Lipinski definition) is 4. The van der Waals surface area contributed by atoms with Gasteiger partial charge in [-0.25, -0.2) is 0 Å². The maximum atomic E-state index is 5.78. The molecule has 0 amide bonds. The molecule has 1 saturated carbocycles. The van der Waals surface area contributed by atoms with E-state index in [2.05, 4.69) is 10.2 Å². The summed E-state index contributed by atoms with van der Waals surface area (Å²) in [5, 5.41) is 7.58. The van der Waals surface area contributed by atoms with Gasteiger partial charge in [0.2, 0.25) is 12.3 Å². The molecular weight excluding hydrogens is 190 g/mol. The first-order valence-electron chi connectivity index (χ1n) is 4.38. The molecule has 1 aliphatic carbocycles. The minimum atomic E-state index is 0. The van der Waals surface area contributed by atoms with Crippen LogP contribution in [0.25, 0.3) is 0 Å². The zero-order valence-electron chi connectivity index (χ0n) is 7.35. The molecule has 0 aliphatic heterocycles. The SMILES string of the molecule is Cl.NC1CCC(c2nnco2)CC1. The minimum absolute atomic E-state index is 0. The summed E-state index contributed by atoms with van der Waals surface area (Å²) in [5.74, 6) is 1.23. The summed E-state index contributed by atoms with van der Waals surface area (Å²) in [5.41, 5.74) is 5.78. The second-order valence-electron chi connectivity index (χ2n) is 3.39. The fraction of sp³-hybridized carbons (Fsp3) is 0.750. The Balaban J connectivity index is 0.000000845. The van der Waals surface area contributed by atoms with Crippen molar-refractivity contribution in [1.82, 2.24) is 10.2 Å². The van der Waals surface area contributed by atoms with E-state index in [0.29, 0.717) is 12.0 Å². The zero-order chi connectivity index (χ0) is 8.39. The molecular formula is C8H14ClN3O. The lowest BCUT2D eigenvalue weighted by atomic mass is 9.86. The maximum absolute atomic E-state index is 5.78. The summed E-state index contributed by atoms with van der Waals surface area (Å²) in [6.45, 7) is 0. The average Bonchev–Trinajstić information content (AvgIpc) is 2.58. The van der Waals surface area contributed by atoms with Gasteiger partial charge in [-0.2, -0.15) is 0 Å². The molecule has 0 unspecified atom stereocenters. The molecule has 1 heterocycles. The highest BCUT2D eigenvalue weighted by atomic mass is 35.5. The lowest BCUT2D eigenvalue weighted by Gasteiger charge is -2.22. The van der Waals surface area contributed by atoms with E-state index in [1.54, 1.807) is 0 Å². The predicted octanol–water partition coefficient (Wildman–Crippen LogP) is 1.48. The Morgan fingerprint density at radius 3 is 2.54 bits per heavy atom. The smallest absolute Gasteiger partial charge is 0.219 e. The molecule has 0 spiro atoms. The highest BCUT2D eigenvalue weighted by Gasteiger charge is 2.23. The fourth-order valence-electron chi connectivity index (χ4n) is 1.73. The van der Waals surface area contributed by atoms with Gasteiger partial charge in [-0.15, -0.1) is 22.6 Å². The summed E-state index contributed by atoms with van der Waals surface area (Å²) in [7, 11) is 0. The van der Waals surface area contributed by atoms with Gasteiger partial charge in [0.1, 0.15) is 0 Å². The van der Waals surface area contributed by atoms with Crippen molar-refractivity contribution in [2.24, 2.45) is 5.73 Å². The van der Waals surface area contributed by atoms with E-state index >= 15 is 0 Å². The van der Waals surface area contributed by atoms with Crippen LogP contribution in [-0.2, 0) is 0 Å². The Hall–Kier alpha value is -0.610.